The van der Waals surface area contributed by atoms with E-state index < -0.39 is 12.1 Å². The Balaban J connectivity index is 1.30. The van der Waals surface area contributed by atoms with Crippen LogP contribution >= 0.6 is 0 Å². The van der Waals surface area contributed by atoms with E-state index in [1.165, 1.54) is 11.1 Å². The molecule has 0 bridgehead atoms. The average Bonchev–Trinajstić information content (AvgIpc) is 3.36. The Bertz CT molecular complexity index is 1120. The third kappa shape index (κ3) is 8.90. The smallest absolute Gasteiger partial charge is 0.338 e. The Morgan fingerprint density at radius 1 is 1.16 bits per heavy atom. The Kier molecular flexibility index (Phi) is 11.2. The van der Waals surface area contributed by atoms with Crippen LogP contribution in [0.1, 0.15) is 71.8 Å². The summed E-state index contributed by atoms with van der Waals surface area (Å²) in [6.45, 7) is 9.48. The molecule has 0 saturated carbocycles. The molecule has 38 heavy (non-hydrogen) atoms. The molecule has 2 atom stereocenters. The molecule has 1 aromatic rings. The first-order valence-corrected chi connectivity index (χ1v) is 13.9. The van der Waals surface area contributed by atoms with E-state index in [1.807, 2.05) is 30.0 Å². The fourth-order valence-corrected chi connectivity index (χ4v) is 4.78. The number of carbonyl (C=O) groups is 2. The van der Waals surface area contributed by atoms with Crippen LogP contribution in [-0.2, 0) is 20.7 Å². The first kappa shape index (κ1) is 29.2. The van der Waals surface area contributed by atoms with E-state index in [0.717, 1.165) is 62.8 Å². The van der Waals surface area contributed by atoms with Crippen molar-refractivity contribution >= 4 is 11.9 Å². The normalized spacial score (nSPS) is 19.5. The number of aliphatic hydroxyl groups excluding tert-OH is 1. The molecule has 0 spiro atoms. The molecule has 0 fully saturated rings. The molecule has 204 valence electrons. The van der Waals surface area contributed by atoms with Gasteiger partial charge >= 0.3 is 5.97 Å². The van der Waals surface area contributed by atoms with Crippen LogP contribution < -0.4 is 0 Å². The van der Waals surface area contributed by atoms with E-state index in [0.29, 0.717) is 17.9 Å². The largest absolute Gasteiger partial charge is 0.508 e. The lowest BCUT2D eigenvalue weighted by molar-refractivity contribution is -0.140. The van der Waals surface area contributed by atoms with Crippen molar-refractivity contribution in [2.75, 3.05) is 13.1 Å². The van der Waals surface area contributed by atoms with Crippen molar-refractivity contribution in [1.82, 2.24) is 4.90 Å². The first-order chi connectivity index (χ1) is 18.2. The number of ether oxygens (including phenoxy) is 1. The van der Waals surface area contributed by atoms with Crippen LogP contribution in [0.3, 0.4) is 0 Å². The van der Waals surface area contributed by atoms with Crippen LogP contribution in [0, 0.1) is 5.92 Å². The molecule has 0 unspecified atom stereocenters. The van der Waals surface area contributed by atoms with Crippen molar-refractivity contribution < 1.29 is 19.4 Å². The lowest BCUT2D eigenvalue weighted by Crippen LogP contribution is -2.29. The van der Waals surface area contributed by atoms with Crippen molar-refractivity contribution in [3.63, 3.8) is 0 Å². The van der Waals surface area contributed by atoms with Crippen LogP contribution in [0.2, 0.25) is 0 Å². The molecule has 5 nitrogen and oxygen atoms in total. The van der Waals surface area contributed by atoms with Crippen molar-refractivity contribution in [1.29, 1.82) is 0 Å². The highest BCUT2D eigenvalue weighted by Gasteiger charge is 2.31. The number of esters is 1. The molecule has 1 N–H and O–H groups in total. The summed E-state index contributed by atoms with van der Waals surface area (Å²) >= 11 is 0. The molecule has 2 heterocycles. The topological polar surface area (TPSA) is 66.8 Å². The zero-order valence-corrected chi connectivity index (χ0v) is 23.4. The van der Waals surface area contributed by atoms with E-state index in [4.69, 9.17) is 4.74 Å². The van der Waals surface area contributed by atoms with Gasteiger partial charge in [0.25, 0.3) is 0 Å². The molecule has 1 amide bonds. The van der Waals surface area contributed by atoms with Gasteiger partial charge in [0.1, 0.15) is 5.76 Å². The van der Waals surface area contributed by atoms with Crippen LogP contribution in [0.4, 0.5) is 0 Å². The number of carbonyl (C=O) groups excluding carboxylic acids is 2. The molecule has 1 aromatic carbocycles. The summed E-state index contributed by atoms with van der Waals surface area (Å²) in [5, 5.41) is 9.99. The minimum absolute atomic E-state index is 0.0635. The van der Waals surface area contributed by atoms with Gasteiger partial charge in [-0.05, 0) is 70.8 Å². The summed E-state index contributed by atoms with van der Waals surface area (Å²) in [5.41, 5.74) is 4.99. The Hall–Kier alpha value is -3.34. The highest BCUT2D eigenvalue weighted by molar-refractivity contribution is 5.95. The van der Waals surface area contributed by atoms with E-state index in [9.17, 15) is 14.7 Å². The number of benzene rings is 1. The number of amides is 1. The van der Waals surface area contributed by atoms with Gasteiger partial charge in [-0.1, -0.05) is 78.8 Å². The van der Waals surface area contributed by atoms with Gasteiger partial charge in [0, 0.05) is 25.1 Å². The minimum atomic E-state index is -0.536. The molecule has 2 aliphatic heterocycles. The number of hydrogen-bond acceptors (Lipinski definition) is 4. The van der Waals surface area contributed by atoms with Gasteiger partial charge in [-0.3, -0.25) is 4.79 Å². The number of rotatable bonds is 14. The summed E-state index contributed by atoms with van der Waals surface area (Å²) in [5.74, 6) is 0.292. The van der Waals surface area contributed by atoms with E-state index >= 15 is 0 Å². The highest BCUT2D eigenvalue weighted by atomic mass is 16.6. The summed E-state index contributed by atoms with van der Waals surface area (Å²) in [6, 6.07) is 10.3. The lowest BCUT2D eigenvalue weighted by atomic mass is 10.0. The molecule has 0 radical (unpaired) electrons. The van der Waals surface area contributed by atoms with E-state index in [-0.39, 0.29) is 11.7 Å². The van der Waals surface area contributed by atoms with Gasteiger partial charge in [-0.25, -0.2) is 4.79 Å². The molecule has 2 aliphatic rings. The highest BCUT2D eigenvalue weighted by Crippen LogP contribution is 2.25. The zero-order chi connectivity index (χ0) is 27.5. The predicted molar refractivity (Wildman–Crippen MR) is 154 cm³/mol. The average molecular weight is 518 g/mol. The van der Waals surface area contributed by atoms with Crippen LogP contribution in [0.5, 0.6) is 0 Å². The molecule has 0 aliphatic carbocycles. The van der Waals surface area contributed by atoms with E-state index in [1.54, 1.807) is 6.92 Å². The fourth-order valence-electron chi connectivity index (χ4n) is 4.78. The van der Waals surface area contributed by atoms with Gasteiger partial charge in [0.2, 0.25) is 5.91 Å². The monoisotopic (exact) mass is 517 g/mol. The third-order valence-electron chi connectivity index (χ3n) is 7.34. The van der Waals surface area contributed by atoms with Crippen LogP contribution in [0.25, 0.3) is 0 Å². The van der Waals surface area contributed by atoms with Gasteiger partial charge in [-0.15, -0.1) is 0 Å². The van der Waals surface area contributed by atoms with Crippen molar-refractivity contribution in [2.45, 2.75) is 78.7 Å². The Morgan fingerprint density at radius 2 is 1.92 bits per heavy atom. The molecule has 3 rings (SSSR count). The molecular weight excluding hydrogens is 474 g/mol. The van der Waals surface area contributed by atoms with E-state index in [2.05, 4.69) is 56.4 Å². The van der Waals surface area contributed by atoms with Gasteiger partial charge in [0.05, 0.1) is 5.57 Å². The van der Waals surface area contributed by atoms with Crippen LogP contribution in [0.15, 0.2) is 88.8 Å². The number of allylic oxidation sites excluding steroid dienone is 5. The number of aliphatic hydroxyl groups is 1. The van der Waals surface area contributed by atoms with Gasteiger partial charge < -0.3 is 14.7 Å². The van der Waals surface area contributed by atoms with Crippen molar-refractivity contribution in [2.24, 2.45) is 5.92 Å². The standard InChI is InChI=1S/C33H43NO4/c1-24(13-9-15-26(3)23-30-31(35)27(4)33(37)38-30)11-8-12-25(2)14-10-18-29-20-22-34(32(29)36)21-19-28-16-6-5-7-17-28/h5-8,11-12,15-17,20,24,30,35H,9-10,13-14,18-19,21-23H2,1-4H3/b11-8?,25-12?,26-15-/t24-,30+/m1/s1. The lowest BCUT2D eigenvalue weighted by Gasteiger charge is -2.16. The van der Waals surface area contributed by atoms with Gasteiger partial charge in [-0.2, -0.15) is 0 Å². The third-order valence-corrected chi connectivity index (χ3v) is 7.34. The SMILES string of the molecule is CC(=CC=C[C@@H](C)CC/C=C(/C)C[C@@H]1OC(=O)C(C)=C1O)CCCC1=CCN(CCc2ccccc2)C1=O. The molecule has 0 aromatic heterocycles. The summed E-state index contributed by atoms with van der Waals surface area (Å²) in [4.78, 5) is 26.2. The summed E-state index contributed by atoms with van der Waals surface area (Å²) in [7, 11) is 0. The second kappa shape index (κ2) is 14.6. The second-order valence-electron chi connectivity index (χ2n) is 10.7. The maximum Gasteiger partial charge on any atom is 0.338 e. The Labute approximate surface area is 228 Å². The minimum Gasteiger partial charge on any atom is -0.508 e. The quantitative estimate of drug-likeness (QED) is 0.161. The number of hydrogen-bond donors (Lipinski definition) is 1. The second-order valence-corrected chi connectivity index (χ2v) is 10.7. The van der Waals surface area contributed by atoms with Gasteiger partial charge in [0.15, 0.2) is 6.10 Å². The van der Waals surface area contributed by atoms with Crippen LogP contribution in [-0.4, -0.2) is 41.1 Å². The maximum absolute atomic E-state index is 12.7. The van der Waals surface area contributed by atoms with Crippen molar-refractivity contribution in [3.8, 4) is 0 Å². The maximum atomic E-state index is 12.7. The molecular formula is C33H43NO4. The zero-order valence-electron chi connectivity index (χ0n) is 23.4. The summed E-state index contributed by atoms with van der Waals surface area (Å²) < 4.78 is 5.21. The predicted octanol–water partition coefficient (Wildman–Crippen LogP) is 7.18. The fraction of sp³-hybridized carbons (Fsp3) is 0.455. The molecule has 0 saturated heterocycles. The van der Waals surface area contributed by atoms with Crippen molar-refractivity contribution in [3.05, 3.63) is 94.3 Å². The number of cyclic esters (lactones) is 1. The Morgan fingerprint density at radius 3 is 2.63 bits per heavy atom. The summed E-state index contributed by atoms with van der Waals surface area (Å²) in [6.07, 6.45) is 16.5. The molecule has 5 heteroatoms. The first-order valence-electron chi connectivity index (χ1n) is 13.9. The number of nitrogens with zero attached hydrogens (tertiary/aromatic N) is 1.